The Hall–Kier alpha value is -1.61. The standard InChI is InChI=1S/C12H14O3/c1-9(7-8-11(13)14)12(15)10-5-3-2-4-6-10/h2-6,12,15H,1,7-8H2,(H,13,14). The van der Waals surface area contributed by atoms with Crippen LogP contribution in [-0.4, -0.2) is 16.2 Å². The van der Waals surface area contributed by atoms with Crippen molar-refractivity contribution in [3.8, 4) is 0 Å². The first-order chi connectivity index (χ1) is 7.11. The summed E-state index contributed by atoms with van der Waals surface area (Å²) >= 11 is 0. The normalized spacial score (nSPS) is 12.1. The summed E-state index contributed by atoms with van der Waals surface area (Å²) in [5.74, 6) is -0.878. The number of benzene rings is 1. The van der Waals surface area contributed by atoms with Gasteiger partial charge in [-0.1, -0.05) is 36.9 Å². The molecule has 0 radical (unpaired) electrons. The summed E-state index contributed by atoms with van der Waals surface area (Å²) in [6, 6.07) is 9.08. The lowest BCUT2D eigenvalue weighted by Crippen LogP contribution is -2.03. The van der Waals surface area contributed by atoms with Crippen molar-refractivity contribution in [2.45, 2.75) is 18.9 Å². The number of hydrogen-bond donors (Lipinski definition) is 2. The van der Waals surface area contributed by atoms with Crippen LogP contribution in [0.15, 0.2) is 42.5 Å². The Balaban J connectivity index is 2.57. The van der Waals surface area contributed by atoms with E-state index in [0.717, 1.165) is 5.56 Å². The fraction of sp³-hybridized carbons (Fsp3) is 0.250. The van der Waals surface area contributed by atoms with Gasteiger partial charge in [-0.25, -0.2) is 0 Å². The van der Waals surface area contributed by atoms with Crippen molar-refractivity contribution in [1.82, 2.24) is 0 Å². The molecule has 3 nitrogen and oxygen atoms in total. The Kier molecular flexibility index (Phi) is 4.06. The maximum absolute atomic E-state index is 10.3. The van der Waals surface area contributed by atoms with E-state index in [1.165, 1.54) is 0 Å². The minimum Gasteiger partial charge on any atom is -0.481 e. The van der Waals surface area contributed by atoms with Gasteiger partial charge < -0.3 is 10.2 Å². The van der Waals surface area contributed by atoms with Gasteiger partial charge >= 0.3 is 5.97 Å². The van der Waals surface area contributed by atoms with E-state index in [9.17, 15) is 9.90 Å². The average Bonchev–Trinajstić information content (AvgIpc) is 2.26. The van der Waals surface area contributed by atoms with Gasteiger partial charge in [0.1, 0.15) is 0 Å². The second-order valence-corrected chi connectivity index (χ2v) is 3.37. The van der Waals surface area contributed by atoms with Crippen molar-refractivity contribution in [2.24, 2.45) is 0 Å². The van der Waals surface area contributed by atoms with Crippen LogP contribution >= 0.6 is 0 Å². The van der Waals surface area contributed by atoms with Gasteiger partial charge in [-0.2, -0.15) is 0 Å². The van der Waals surface area contributed by atoms with Crippen molar-refractivity contribution in [3.05, 3.63) is 48.0 Å². The molecule has 0 aromatic heterocycles. The lowest BCUT2D eigenvalue weighted by Gasteiger charge is -2.13. The second kappa shape index (κ2) is 5.32. The summed E-state index contributed by atoms with van der Waals surface area (Å²) < 4.78 is 0. The molecule has 0 aliphatic rings. The molecular weight excluding hydrogens is 192 g/mol. The lowest BCUT2D eigenvalue weighted by atomic mass is 9.99. The Morgan fingerprint density at radius 2 is 1.87 bits per heavy atom. The molecule has 80 valence electrons. The molecule has 1 aromatic carbocycles. The number of carboxylic acid groups (broad SMARTS) is 1. The topological polar surface area (TPSA) is 57.5 Å². The molecule has 1 atom stereocenters. The lowest BCUT2D eigenvalue weighted by molar-refractivity contribution is -0.137. The predicted octanol–water partition coefficient (Wildman–Crippen LogP) is 2.14. The Morgan fingerprint density at radius 1 is 1.27 bits per heavy atom. The van der Waals surface area contributed by atoms with Crippen LogP contribution in [-0.2, 0) is 4.79 Å². The fourth-order valence-corrected chi connectivity index (χ4v) is 1.28. The van der Waals surface area contributed by atoms with E-state index in [0.29, 0.717) is 12.0 Å². The van der Waals surface area contributed by atoms with Gasteiger partial charge in [0.05, 0.1) is 6.10 Å². The maximum atomic E-state index is 10.3. The molecule has 1 rings (SSSR count). The van der Waals surface area contributed by atoms with Gasteiger partial charge in [0.2, 0.25) is 0 Å². The molecule has 0 bridgehead atoms. The van der Waals surface area contributed by atoms with E-state index in [1.807, 2.05) is 18.2 Å². The minimum atomic E-state index is -0.878. The Morgan fingerprint density at radius 3 is 2.40 bits per heavy atom. The van der Waals surface area contributed by atoms with Crippen LogP contribution in [0.2, 0.25) is 0 Å². The summed E-state index contributed by atoms with van der Waals surface area (Å²) in [7, 11) is 0. The van der Waals surface area contributed by atoms with E-state index in [4.69, 9.17) is 5.11 Å². The summed E-state index contributed by atoms with van der Waals surface area (Å²) in [4.78, 5) is 10.3. The maximum Gasteiger partial charge on any atom is 0.303 e. The van der Waals surface area contributed by atoms with E-state index >= 15 is 0 Å². The summed E-state index contributed by atoms with van der Waals surface area (Å²) in [6.07, 6.45) is -0.473. The molecule has 0 saturated heterocycles. The molecule has 0 fully saturated rings. The molecule has 0 heterocycles. The molecule has 0 aliphatic heterocycles. The summed E-state index contributed by atoms with van der Waals surface area (Å²) in [5.41, 5.74) is 1.27. The van der Waals surface area contributed by atoms with Crippen molar-refractivity contribution >= 4 is 5.97 Å². The molecule has 0 aliphatic carbocycles. The molecule has 1 unspecified atom stereocenters. The molecule has 3 heteroatoms. The number of hydrogen-bond acceptors (Lipinski definition) is 2. The van der Waals surface area contributed by atoms with E-state index < -0.39 is 12.1 Å². The number of carbonyl (C=O) groups is 1. The predicted molar refractivity (Wildman–Crippen MR) is 57.4 cm³/mol. The highest BCUT2D eigenvalue weighted by Gasteiger charge is 2.11. The first-order valence-corrected chi connectivity index (χ1v) is 4.73. The number of carboxylic acids is 1. The van der Waals surface area contributed by atoms with E-state index in [-0.39, 0.29) is 6.42 Å². The fourth-order valence-electron chi connectivity index (χ4n) is 1.28. The van der Waals surface area contributed by atoms with Crippen LogP contribution in [0.1, 0.15) is 24.5 Å². The van der Waals surface area contributed by atoms with Crippen molar-refractivity contribution in [2.75, 3.05) is 0 Å². The summed E-state index contributed by atoms with van der Waals surface area (Å²) in [6.45, 7) is 3.69. The molecule has 15 heavy (non-hydrogen) atoms. The quantitative estimate of drug-likeness (QED) is 0.726. The number of aliphatic carboxylic acids is 1. The van der Waals surface area contributed by atoms with Gasteiger partial charge in [-0.3, -0.25) is 4.79 Å². The first kappa shape index (κ1) is 11.5. The van der Waals surface area contributed by atoms with Gasteiger partial charge in [0.25, 0.3) is 0 Å². The molecule has 2 N–H and O–H groups in total. The van der Waals surface area contributed by atoms with Crippen LogP contribution < -0.4 is 0 Å². The molecule has 1 aromatic rings. The van der Waals surface area contributed by atoms with E-state index in [2.05, 4.69) is 6.58 Å². The zero-order valence-electron chi connectivity index (χ0n) is 8.39. The van der Waals surface area contributed by atoms with Crippen molar-refractivity contribution < 1.29 is 15.0 Å². The third-order valence-corrected chi connectivity index (χ3v) is 2.16. The van der Waals surface area contributed by atoms with Crippen LogP contribution in [0.3, 0.4) is 0 Å². The molecular formula is C12H14O3. The van der Waals surface area contributed by atoms with E-state index in [1.54, 1.807) is 12.1 Å². The number of aliphatic hydroxyl groups is 1. The highest BCUT2D eigenvalue weighted by Crippen LogP contribution is 2.22. The van der Waals surface area contributed by atoms with Crippen molar-refractivity contribution in [1.29, 1.82) is 0 Å². The van der Waals surface area contributed by atoms with Gasteiger partial charge in [-0.15, -0.1) is 0 Å². The first-order valence-electron chi connectivity index (χ1n) is 4.73. The minimum absolute atomic E-state index is 0.00271. The highest BCUT2D eigenvalue weighted by atomic mass is 16.4. The largest absolute Gasteiger partial charge is 0.481 e. The average molecular weight is 206 g/mol. The smallest absolute Gasteiger partial charge is 0.303 e. The van der Waals surface area contributed by atoms with Crippen molar-refractivity contribution in [3.63, 3.8) is 0 Å². The molecule has 0 saturated carbocycles. The van der Waals surface area contributed by atoms with Crippen LogP contribution in [0.5, 0.6) is 0 Å². The monoisotopic (exact) mass is 206 g/mol. The van der Waals surface area contributed by atoms with Crippen LogP contribution in [0.4, 0.5) is 0 Å². The Labute approximate surface area is 88.7 Å². The number of rotatable bonds is 5. The van der Waals surface area contributed by atoms with Gasteiger partial charge in [-0.05, 0) is 17.6 Å². The van der Waals surface area contributed by atoms with Crippen LogP contribution in [0, 0.1) is 0 Å². The zero-order valence-corrected chi connectivity index (χ0v) is 8.39. The van der Waals surface area contributed by atoms with Crippen LogP contribution in [0.25, 0.3) is 0 Å². The third-order valence-electron chi connectivity index (χ3n) is 2.16. The second-order valence-electron chi connectivity index (χ2n) is 3.37. The molecule has 0 amide bonds. The van der Waals surface area contributed by atoms with Gasteiger partial charge in [0.15, 0.2) is 0 Å². The third kappa shape index (κ3) is 3.56. The molecule has 0 spiro atoms. The van der Waals surface area contributed by atoms with Gasteiger partial charge in [0, 0.05) is 6.42 Å². The zero-order chi connectivity index (χ0) is 11.3. The highest BCUT2D eigenvalue weighted by molar-refractivity contribution is 5.67. The Bertz CT molecular complexity index is 343. The summed E-state index contributed by atoms with van der Waals surface area (Å²) in [5, 5.41) is 18.3. The number of aliphatic hydroxyl groups excluding tert-OH is 1. The SMILES string of the molecule is C=C(CCC(=O)O)C(O)c1ccccc1.